The Balaban J connectivity index is 1.69. The predicted molar refractivity (Wildman–Crippen MR) is 125 cm³/mol. The molecule has 6 nitrogen and oxygen atoms in total. The summed E-state index contributed by atoms with van der Waals surface area (Å²) in [5, 5.41) is 15.0. The summed E-state index contributed by atoms with van der Waals surface area (Å²) in [6.07, 6.45) is 1.94. The fourth-order valence-electron chi connectivity index (χ4n) is 3.79. The molecule has 160 valence electrons. The van der Waals surface area contributed by atoms with Crippen LogP contribution in [0, 0.1) is 25.2 Å². The SMILES string of the molecule is CCOCCCNC(=S)N1CCCN(c2[nH+]c3cc(C)c(C)cc3cc2C#N)CC1. The summed E-state index contributed by atoms with van der Waals surface area (Å²) in [5.74, 6) is 0.908. The van der Waals surface area contributed by atoms with E-state index in [1.807, 2.05) is 13.0 Å². The molecule has 30 heavy (non-hydrogen) atoms. The number of nitriles is 1. The van der Waals surface area contributed by atoms with Gasteiger partial charge in [0.1, 0.15) is 23.7 Å². The molecule has 0 amide bonds. The van der Waals surface area contributed by atoms with E-state index >= 15 is 0 Å². The van der Waals surface area contributed by atoms with Crippen molar-refractivity contribution in [3.05, 3.63) is 34.9 Å². The van der Waals surface area contributed by atoms with Crippen molar-refractivity contribution in [2.24, 2.45) is 0 Å². The van der Waals surface area contributed by atoms with Crippen molar-refractivity contribution >= 4 is 34.1 Å². The van der Waals surface area contributed by atoms with Crippen LogP contribution >= 0.6 is 12.2 Å². The van der Waals surface area contributed by atoms with Gasteiger partial charge in [0.15, 0.2) is 5.11 Å². The van der Waals surface area contributed by atoms with Crippen LogP contribution in [0.5, 0.6) is 0 Å². The van der Waals surface area contributed by atoms with Crippen LogP contribution in [0.25, 0.3) is 10.9 Å². The van der Waals surface area contributed by atoms with Crippen LogP contribution in [0.3, 0.4) is 0 Å². The minimum Gasteiger partial charge on any atom is -0.382 e. The number of anilines is 1. The van der Waals surface area contributed by atoms with Crippen molar-refractivity contribution in [3.63, 3.8) is 0 Å². The van der Waals surface area contributed by atoms with Gasteiger partial charge >= 0.3 is 0 Å². The number of aryl methyl sites for hydroxylation is 2. The second-order valence-electron chi connectivity index (χ2n) is 7.78. The van der Waals surface area contributed by atoms with Gasteiger partial charge in [-0.1, -0.05) is 0 Å². The van der Waals surface area contributed by atoms with Gasteiger partial charge in [-0.25, -0.2) is 4.98 Å². The van der Waals surface area contributed by atoms with Crippen molar-refractivity contribution in [1.29, 1.82) is 5.26 Å². The zero-order chi connectivity index (χ0) is 21.5. The minimum atomic E-state index is 0.691. The predicted octanol–water partition coefficient (Wildman–Crippen LogP) is 2.96. The van der Waals surface area contributed by atoms with Crippen molar-refractivity contribution in [3.8, 4) is 6.07 Å². The van der Waals surface area contributed by atoms with Gasteiger partial charge in [0.2, 0.25) is 0 Å². The first-order valence-corrected chi connectivity index (χ1v) is 11.2. The van der Waals surface area contributed by atoms with E-state index in [2.05, 4.69) is 52.2 Å². The fourth-order valence-corrected chi connectivity index (χ4v) is 4.07. The molecule has 0 spiro atoms. The summed E-state index contributed by atoms with van der Waals surface area (Å²) in [6.45, 7) is 12.0. The smallest absolute Gasteiger partial charge is 0.293 e. The average Bonchev–Trinajstić information content (AvgIpc) is 3.00. The molecule has 2 aromatic rings. The number of ether oxygens (including phenoxy) is 1. The number of rotatable bonds is 6. The first kappa shape index (κ1) is 22.3. The number of aromatic nitrogens is 1. The van der Waals surface area contributed by atoms with Crippen LogP contribution in [0.2, 0.25) is 0 Å². The number of fused-ring (bicyclic) bond motifs is 1. The van der Waals surface area contributed by atoms with Gasteiger partial charge < -0.3 is 15.0 Å². The number of aromatic amines is 1. The summed E-state index contributed by atoms with van der Waals surface area (Å²) in [6, 6.07) is 8.69. The van der Waals surface area contributed by atoms with Crippen molar-refractivity contribution in [2.45, 2.75) is 33.6 Å². The molecule has 1 aromatic carbocycles. The largest absolute Gasteiger partial charge is 0.382 e. The van der Waals surface area contributed by atoms with E-state index < -0.39 is 0 Å². The topological polar surface area (TPSA) is 65.7 Å². The van der Waals surface area contributed by atoms with Gasteiger partial charge in [-0.05, 0) is 68.7 Å². The number of benzene rings is 1. The zero-order valence-corrected chi connectivity index (χ0v) is 19.1. The summed E-state index contributed by atoms with van der Waals surface area (Å²) in [4.78, 5) is 8.05. The lowest BCUT2D eigenvalue weighted by Gasteiger charge is -2.23. The van der Waals surface area contributed by atoms with E-state index in [0.29, 0.717) is 5.56 Å². The van der Waals surface area contributed by atoms with Crippen molar-refractivity contribution in [2.75, 3.05) is 50.8 Å². The van der Waals surface area contributed by atoms with Crippen LogP contribution < -0.4 is 15.2 Å². The maximum Gasteiger partial charge on any atom is 0.293 e. The van der Waals surface area contributed by atoms with E-state index in [9.17, 15) is 5.26 Å². The second-order valence-corrected chi connectivity index (χ2v) is 8.16. The Morgan fingerprint density at radius 2 is 2.00 bits per heavy atom. The quantitative estimate of drug-likeness (QED) is 0.566. The summed E-state index contributed by atoms with van der Waals surface area (Å²) in [7, 11) is 0. The first-order chi connectivity index (χ1) is 14.5. The number of nitrogens with zero attached hydrogens (tertiary/aromatic N) is 3. The minimum absolute atomic E-state index is 0.691. The molecule has 0 atom stereocenters. The number of thiocarbonyl (C=S) groups is 1. The first-order valence-electron chi connectivity index (χ1n) is 10.8. The Bertz CT molecular complexity index is 939. The molecule has 0 saturated carbocycles. The van der Waals surface area contributed by atoms with Gasteiger partial charge in [0.05, 0.1) is 13.1 Å². The van der Waals surface area contributed by atoms with Crippen molar-refractivity contribution < 1.29 is 9.72 Å². The van der Waals surface area contributed by atoms with Crippen LogP contribution in [-0.4, -0.2) is 55.9 Å². The Labute approximate surface area is 184 Å². The van der Waals surface area contributed by atoms with Gasteiger partial charge in [0, 0.05) is 38.1 Å². The lowest BCUT2D eigenvalue weighted by atomic mass is 10.0. The van der Waals surface area contributed by atoms with E-state index in [1.54, 1.807) is 0 Å². The third kappa shape index (κ3) is 5.38. The summed E-state index contributed by atoms with van der Waals surface area (Å²) < 4.78 is 5.38. The molecule has 1 saturated heterocycles. The third-order valence-electron chi connectivity index (χ3n) is 5.64. The summed E-state index contributed by atoms with van der Waals surface area (Å²) in [5.41, 5.74) is 4.24. The second kappa shape index (κ2) is 10.6. The average molecular weight is 427 g/mol. The number of H-pyrrole nitrogens is 1. The Hall–Kier alpha value is -2.43. The number of hydrogen-bond donors (Lipinski definition) is 1. The van der Waals surface area contributed by atoms with Crippen LogP contribution in [0.15, 0.2) is 18.2 Å². The molecule has 1 fully saturated rings. The van der Waals surface area contributed by atoms with Crippen LogP contribution in [0.4, 0.5) is 5.82 Å². The highest BCUT2D eigenvalue weighted by Gasteiger charge is 2.26. The highest BCUT2D eigenvalue weighted by atomic mass is 32.1. The van der Waals surface area contributed by atoms with E-state index in [4.69, 9.17) is 17.0 Å². The van der Waals surface area contributed by atoms with Crippen LogP contribution in [0.1, 0.15) is 36.5 Å². The molecule has 1 aromatic heterocycles. The van der Waals surface area contributed by atoms with Crippen LogP contribution in [-0.2, 0) is 4.74 Å². The molecule has 0 radical (unpaired) electrons. The molecule has 0 aliphatic carbocycles. The fraction of sp³-hybridized carbons (Fsp3) is 0.522. The molecule has 0 unspecified atom stereocenters. The highest BCUT2D eigenvalue weighted by molar-refractivity contribution is 7.80. The Kier molecular flexibility index (Phi) is 7.83. The Morgan fingerprint density at radius 3 is 2.77 bits per heavy atom. The lowest BCUT2D eigenvalue weighted by Crippen LogP contribution is -2.42. The molecule has 1 aliphatic heterocycles. The number of nitrogens with one attached hydrogen (secondary N) is 2. The van der Waals surface area contributed by atoms with Gasteiger partial charge in [-0.2, -0.15) is 5.26 Å². The van der Waals surface area contributed by atoms with Gasteiger partial charge in [-0.3, -0.25) is 4.90 Å². The third-order valence-corrected chi connectivity index (χ3v) is 6.04. The molecule has 7 heteroatoms. The maximum absolute atomic E-state index is 9.75. The standard InChI is InChI=1S/C23H31N5OS/c1-4-29-12-5-7-25-23(30)28-9-6-8-27(10-11-28)22-20(16-24)15-19-13-17(2)18(3)14-21(19)26-22/h13-15H,4-12H2,1-3H3,(H,25,30)/p+1. The summed E-state index contributed by atoms with van der Waals surface area (Å²) >= 11 is 5.60. The molecule has 1 aliphatic rings. The molecule has 3 rings (SSSR count). The number of pyridine rings is 1. The van der Waals surface area contributed by atoms with Crippen molar-refractivity contribution in [1.82, 2.24) is 10.2 Å². The molecule has 2 N–H and O–H groups in total. The van der Waals surface area contributed by atoms with Gasteiger partial charge in [-0.15, -0.1) is 0 Å². The van der Waals surface area contributed by atoms with E-state index in [0.717, 1.165) is 80.6 Å². The van der Waals surface area contributed by atoms with Gasteiger partial charge in [0.25, 0.3) is 5.82 Å². The number of hydrogen-bond acceptors (Lipinski definition) is 4. The normalized spacial score (nSPS) is 14.5. The maximum atomic E-state index is 9.75. The molecule has 2 heterocycles. The van der Waals surface area contributed by atoms with E-state index in [-0.39, 0.29) is 0 Å². The monoisotopic (exact) mass is 426 g/mol. The molecular weight excluding hydrogens is 394 g/mol. The zero-order valence-electron chi connectivity index (χ0n) is 18.3. The molecular formula is C23H32N5OS+. The van der Waals surface area contributed by atoms with E-state index in [1.165, 1.54) is 11.1 Å². The Morgan fingerprint density at radius 1 is 1.20 bits per heavy atom. The molecule has 0 bridgehead atoms. The highest BCUT2D eigenvalue weighted by Crippen LogP contribution is 2.23. The lowest BCUT2D eigenvalue weighted by molar-refractivity contribution is -0.330.